The fourth-order valence-electron chi connectivity index (χ4n) is 4.29. The SMILES string of the molecule is COc1nc(N[C@@H]2CN(C(C)=O)C[C@]2(C)F)nn2cc(F)c(-c3ccc(N=N)c(NC(CF)CF)c3)c12. The highest BCUT2D eigenvalue weighted by atomic mass is 19.1. The van der Waals surface area contributed by atoms with E-state index in [4.69, 9.17) is 10.3 Å². The second-order valence-corrected chi connectivity index (χ2v) is 8.96. The van der Waals surface area contributed by atoms with E-state index < -0.39 is 36.9 Å². The Morgan fingerprint density at radius 3 is 2.70 bits per heavy atom. The van der Waals surface area contributed by atoms with Gasteiger partial charge in [-0.3, -0.25) is 4.79 Å². The van der Waals surface area contributed by atoms with Crippen molar-refractivity contribution >= 4 is 28.7 Å². The highest BCUT2D eigenvalue weighted by molar-refractivity contribution is 5.88. The van der Waals surface area contributed by atoms with Crippen molar-refractivity contribution in [2.45, 2.75) is 31.6 Å². The molecule has 4 rings (SSSR count). The summed E-state index contributed by atoms with van der Waals surface area (Å²) in [6.45, 7) is 0.731. The molecule has 0 aliphatic carbocycles. The molecule has 0 bridgehead atoms. The van der Waals surface area contributed by atoms with Crippen LogP contribution >= 0.6 is 0 Å². The Labute approximate surface area is 209 Å². The molecule has 14 heteroatoms. The molecule has 10 nitrogen and oxygen atoms in total. The lowest BCUT2D eigenvalue weighted by Crippen LogP contribution is -2.40. The van der Waals surface area contributed by atoms with Crippen LogP contribution in [0.4, 0.5) is 34.9 Å². The van der Waals surface area contributed by atoms with Crippen LogP contribution in [0, 0.1) is 11.3 Å². The number of fused-ring (bicyclic) bond motifs is 1. The van der Waals surface area contributed by atoms with Gasteiger partial charge in [-0.05, 0) is 24.6 Å². The molecular formula is C23H26F4N8O2. The maximum atomic E-state index is 15.2. The lowest BCUT2D eigenvalue weighted by Gasteiger charge is -2.22. The van der Waals surface area contributed by atoms with Crippen molar-refractivity contribution in [2.75, 3.05) is 44.2 Å². The summed E-state index contributed by atoms with van der Waals surface area (Å²) in [5.74, 6) is -1.02. The van der Waals surface area contributed by atoms with Crippen molar-refractivity contribution < 1.29 is 27.1 Å². The summed E-state index contributed by atoms with van der Waals surface area (Å²) >= 11 is 0. The first-order valence-corrected chi connectivity index (χ1v) is 11.4. The quantitative estimate of drug-likeness (QED) is 0.285. The highest BCUT2D eigenvalue weighted by Crippen LogP contribution is 2.38. The first kappa shape index (κ1) is 26.1. The van der Waals surface area contributed by atoms with Gasteiger partial charge in [0.2, 0.25) is 17.7 Å². The molecule has 3 N–H and O–H groups in total. The van der Waals surface area contributed by atoms with Crippen LogP contribution in [0.5, 0.6) is 5.88 Å². The zero-order valence-electron chi connectivity index (χ0n) is 20.4. The second-order valence-electron chi connectivity index (χ2n) is 8.96. The number of halogens is 4. The van der Waals surface area contributed by atoms with Crippen LogP contribution in [0.3, 0.4) is 0 Å². The number of nitrogens with one attached hydrogen (secondary N) is 3. The van der Waals surface area contributed by atoms with Crippen LogP contribution in [0.25, 0.3) is 16.6 Å². The zero-order chi connectivity index (χ0) is 26.9. The molecule has 0 radical (unpaired) electrons. The average Bonchev–Trinajstić information content (AvgIpc) is 3.36. The Kier molecular flexibility index (Phi) is 7.18. The van der Waals surface area contributed by atoms with Crippen LogP contribution in [-0.4, -0.2) is 76.7 Å². The van der Waals surface area contributed by atoms with Gasteiger partial charge in [-0.25, -0.2) is 27.6 Å². The Morgan fingerprint density at radius 1 is 1.38 bits per heavy atom. The number of benzene rings is 1. The predicted octanol–water partition coefficient (Wildman–Crippen LogP) is 4.30. The van der Waals surface area contributed by atoms with Crippen molar-refractivity contribution in [3.05, 3.63) is 30.2 Å². The van der Waals surface area contributed by atoms with E-state index in [-0.39, 0.29) is 53.3 Å². The molecule has 1 aliphatic heterocycles. The number of methoxy groups -OCH3 is 1. The van der Waals surface area contributed by atoms with Crippen LogP contribution in [-0.2, 0) is 4.79 Å². The molecule has 0 spiro atoms. The second kappa shape index (κ2) is 10.2. The molecule has 0 saturated carbocycles. The van der Waals surface area contributed by atoms with Crippen LogP contribution in [0.2, 0.25) is 0 Å². The predicted molar refractivity (Wildman–Crippen MR) is 128 cm³/mol. The van der Waals surface area contributed by atoms with Crippen molar-refractivity contribution in [2.24, 2.45) is 5.11 Å². The summed E-state index contributed by atoms with van der Waals surface area (Å²) in [4.78, 5) is 17.4. The molecule has 3 aromatic rings. The molecular weight excluding hydrogens is 496 g/mol. The molecule has 1 aromatic carbocycles. The highest BCUT2D eigenvalue weighted by Gasteiger charge is 2.45. The number of likely N-dealkylation sites (tertiary alicyclic amines) is 1. The van der Waals surface area contributed by atoms with Gasteiger partial charge < -0.3 is 20.3 Å². The lowest BCUT2D eigenvalue weighted by molar-refractivity contribution is -0.128. The van der Waals surface area contributed by atoms with Crippen LogP contribution in [0.15, 0.2) is 29.5 Å². The molecule has 3 heterocycles. The fourth-order valence-corrected chi connectivity index (χ4v) is 4.29. The Hall–Kier alpha value is -3.97. The summed E-state index contributed by atoms with van der Waals surface area (Å²) < 4.78 is 63.1. The van der Waals surface area contributed by atoms with E-state index in [1.54, 1.807) is 0 Å². The molecule has 0 unspecified atom stereocenters. The summed E-state index contributed by atoms with van der Waals surface area (Å²) in [7, 11) is 1.33. The smallest absolute Gasteiger partial charge is 0.244 e. The molecule has 2 aromatic heterocycles. The van der Waals surface area contributed by atoms with E-state index in [2.05, 4.69) is 25.8 Å². The standard InChI is InChI=1S/C23H26F4N8O2/c1-12(36)34-10-18(23(2,27)11-34)30-22-31-21(37-3)20-19(15(26)9-35(20)33-22)13-4-5-16(32-28)17(6-13)29-14(7-24)8-25/h4-6,9,14,18,28-29H,7-8,10-11H2,1-3H3,(H,30,33)/t18-,23+/m1/s1. The largest absolute Gasteiger partial charge is 0.479 e. The lowest BCUT2D eigenvalue weighted by atomic mass is 10.0. The first-order chi connectivity index (χ1) is 17.6. The molecule has 1 saturated heterocycles. The van der Waals surface area contributed by atoms with E-state index in [1.807, 2.05) is 0 Å². The number of hydrogen-bond donors (Lipinski definition) is 3. The third kappa shape index (κ3) is 5.00. The minimum atomic E-state index is -1.75. The monoisotopic (exact) mass is 522 g/mol. The van der Waals surface area contributed by atoms with E-state index in [1.165, 1.54) is 48.6 Å². The van der Waals surface area contributed by atoms with E-state index in [0.29, 0.717) is 5.56 Å². The third-order valence-electron chi connectivity index (χ3n) is 6.26. The molecule has 37 heavy (non-hydrogen) atoms. The minimum Gasteiger partial charge on any atom is -0.479 e. The number of hydrogen-bond acceptors (Lipinski definition) is 8. The van der Waals surface area contributed by atoms with Gasteiger partial charge in [0.05, 0.1) is 43.2 Å². The number of amides is 1. The molecule has 2 atom stereocenters. The molecule has 1 amide bonds. The normalized spacial score (nSPS) is 19.5. The van der Waals surface area contributed by atoms with Crippen LogP contribution < -0.4 is 15.4 Å². The zero-order valence-corrected chi connectivity index (χ0v) is 20.4. The fraction of sp³-hybridized carbons (Fsp3) is 0.435. The summed E-state index contributed by atoms with van der Waals surface area (Å²) in [6.07, 6.45) is 1.09. The maximum Gasteiger partial charge on any atom is 0.244 e. The number of carbonyl (C=O) groups excluding carboxylic acids is 1. The van der Waals surface area contributed by atoms with E-state index in [0.717, 1.165) is 6.20 Å². The number of ether oxygens (including phenoxy) is 1. The number of carbonyl (C=O) groups is 1. The van der Waals surface area contributed by atoms with Gasteiger partial charge in [-0.1, -0.05) is 6.07 Å². The van der Waals surface area contributed by atoms with Gasteiger partial charge in [0.15, 0.2) is 5.82 Å². The van der Waals surface area contributed by atoms with Gasteiger partial charge in [-0.15, -0.1) is 5.10 Å². The first-order valence-electron chi connectivity index (χ1n) is 11.4. The number of aromatic nitrogens is 3. The summed E-state index contributed by atoms with van der Waals surface area (Å²) in [5, 5.41) is 13.1. The van der Waals surface area contributed by atoms with E-state index in [9.17, 15) is 13.6 Å². The van der Waals surface area contributed by atoms with Gasteiger partial charge in [0, 0.05) is 13.5 Å². The molecule has 1 fully saturated rings. The number of alkyl halides is 3. The Morgan fingerprint density at radius 2 is 2.11 bits per heavy atom. The minimum absolute atomic E-state index is 0.0208. The maximum absolute atomic E-state index is 15.2. The topological polar surface area (TPSA) is 120 Å². The Balaban J connectivity index is 1.75. The van der Waals surface area contributed by atoms with Crippen molar-refractivity contribution in [1.82, 2.24) is 19.5 Å². The van der Waals surface area contributed by atoms with Gasteiger partial charge in [0.25, 0.3) is 0 Å². The summed E-state index contributed by atoms with van der Waals surface area (Å²) in [6, 6.07) is 2.35. The van der Waals surface area contributed by atoms with E-state index >= 15 is 8.78 Å². The van der Waals surface area contributed by atoms with Gasteiger partial charge >= 0.3 is 0 Å². The Bertz CT molecular complexity index is 1330. The van der Waals surface area contributed by atoms with Crippen molar-refractivity contribution in [3.63, 3.8) is 0 Å². The van der Waals surface area contributed by atoms with Crippen molar-refractivity contribution in [1.29, 1.82) is 5.53 Å². The van der Waals surface area contributed by atoms with Gasteiger partial charge in [-0.2, -0.15) is 10.1 Å². The van der Waals surface area contributed by atoms with Crippen LogP contribution in [0.1, 0.15) is 13.8 Å². The number of nitrogens with zero attached hydrogens (tertiary/aromatic N) is 5. The summed E-state index contributed by atoms with van der Waals surface area (Å²) in [5.41, 5.74) is 6.31. The third-order valence-corrected chi connectivity index (χ3v) is 6.26. The number of anilines is 2. The molecule has 1 aliphatic rings. The van der Waals surface area contributed by atoms with Crippen molar-refractivity contribution in [3.8, 4) is 17.0 Å². The number of rotatable bonds is 9. The molecule has 198 valence electrons. The van der Waals surface area contributed by atoms with Gasteiger partial charge in [0.1, 0.15) is 30.2 Å². The average molecular weight is 523 g/mol.